The van der Waals surface area contributed by atoms with Crippen molar-refractivity contribution in [2.75, 3.05) is 11.9 Å². The van der Waals surface area contributed by atoms with Gasteiger partial charge in [0, 0.05) is 0 Å². The summed E-state index contributed by atoms with van der Waals surface area (Å²) in [6, 6.07) is 7.56. The van der Waals surface area contributed by atoms with Crippen LogP contribution in [0.2, 0.25) is 0 Å². The van der Waals surface area contributed by atoms with Crippen LogP contribution in [0.5, 0.6) is 5.75 Å². The molecular weight excluding hydrogens is 256 g/mol. The maximum absolute atomic E-state index is 11.7. The van der Waals surface area contributed by atoms with E-state index in [1.54, 1.807) is 0 Å². The molecule has 6 heteroatoms. The van der Waals surface area contributed by atoms with Crippen LogP contribution >= 0.6 is 0 Å². The van der Waals surface area contributed by atoms with Crippen LogP contribution in [0, 0.1) is 25.2 Å². The lowest BCUT2D eigenvalue weighted by Gasteiger charge is -2.10. The minimum Gasteiger partial charge on any atom is -0.483 e. The van der Waals surface area contributed by atoms with Gasteiger partial charge in [-0.1, -0.05) is 12.1 Å². The van der Waals surface area contributed by atoms with E-state index >= 15 is 0 Å². The summed E-state index contributed by atoms with van der Waals surface area (Å²) in [6.07, 6.45) is 1.35. The Bertz CT molecular complexity index is 670. The molecular formula is C14H14N4O2. The monoisotopic (exact) mass is 270 g/mol. The number of nitrogens with one attached hydrogen (secondary N) is 2. The standard InChI is InChI=1S/C14H14N4O2/c1-9-4-3-5-12(10(9)2)20-7-13(19)18-14-11(6-15)16-8-17-14/h3-5,8H,7H2,1-2H3,(H,16,17)(H,18,19). The van der Waals surface area contributed by atoms with Crippen molar-refractivity contribution < 1.29 is 9.53 Å². The molecule has 0 fully saturated rings. The van der Waals surface area contributed by atoms with Crippen molar-refractivity contribution in [3.8, 4) is 11.8 Å². The number of rotatable bonds is 4. The topological polar surface area (TPSA) is 90.8 Å². The number of carbonyl (C=O) groups excluding carboxylic acids is 1. The number of anilines is 1. The number of ether oxygens (including phenoxy) is 1. The van der Waals surface area contributed by atoms with Gasteiger partial charge in [-0.05, 0) is 31.0 Å². The molecule has 2 N–H and O–H groups in total. The lowest BCUT2D eigenvalue weighted by molar-refractivity contribution is -0.118. The lowest BCUT2D eigenvalue weighted by atomic mass is 10.1. The molecule has 0 aliphatic carbocycles. The molecule has 0 spiro atoms. The van der Waals surface area contributed by atoms with Crippen molar-refractivity contribution in [2.45, 2.75) is 13.8 Å². The second-order valence-corrected chi connectivity index (χ2v) is 4.27. The summed E-state index contributed by atoms with van der Waals surface area (Å²) in [4.78, 5) is 18.2. The van der Waals surface area contributed by atoms with Crippen LogP contribution in [0.4, 0.5) is 5.82 Å². The summed E-state index contributed by atoms with van der Waals surface area (Å²) in [6.45, 7) is 3.78. The van der Waals surface area contributed by atoms with Crippen LogP contribution in [0.1, 0.15) is 16.8 Å². The van der Waals surface area contributed by atoms with Gasteiger partial charge in [-0.25, -0.2) is 4.98 Å². The molecule has 0 saturated carbocycles. The number of aromatic nitrogens is 2. The molecule has 0 bridgehead atoms. The number of aromatic amines is 1. The Labute approximate surface area is 116 Å². The number of nitrogens with zero attached hydrogens (tertiary/aromatic N) is 2. The fraction of sp³-hybridized carbons (Fsp3) is 0.214. The summed E-state index contributed by atoms with van der Waals surface area (Å²) in [7, 11) is 0. The van der Waals surface area contributed by atoms with E-state index < -0.39 is 0 Å². The smallest absolute Gasteiger partial charge is 0.263 e. The fourth-order valence-electron chi connectivity index (χ4n) is 1.67. The molecule has 1 amide bonds. The quantitative estimate of drug-likeness (QED) is 0.887. The van der Waals surface area contributed by atoms with Crippen LogP contribution in [0.25, 0.3) is 0 Å². The van der Waals surface area contributed by atoms with Crippen molar-refractivity contribution in [2.24, 2.45) is 0 Å². The van der Waals surface area contributed by atoms with Crippen molar-refractivity contribution in [1.82, 2.24) is 9.97 Å². The van der Waals surface area contributed by atoms with Crippen molar-refractivity contribution in [3.05, 3.63) is 41.3 Å². The van der Waals surface area contributed by atoms with E-state index in [9.17, 15) is 4.79 Å². The van der Waals surface area contributed by atoms with Gasteiger partial charge in [0.1, 0.15) is 11.8 Å². The van der Waals surface area contributed by atoms with Crippen LogP contribution < -0.4 is 10.1 Å². The predicted molar refractivity (Wildman–Crippen MR) is 73.3 cm³/mol. The van der Waals surface area contributed by atoms with Gasteiger partial charge in [0.05, 0.1) is 6.33 Å². The highest BCUT2D eigenvalue weighted by atomic mass is 16.5. The fourth-order valence-corrected chi connectivity index (χ4v) is 1.67. The third kappa shape index (κ3) is 2.95. The van der Waals surface area contributed by atoms with E-state index in [2.05, 4.69) is 15.3 Å². The summed E-state index contributed by atoms with van der Waals surface area (Å²) in [5.41, 5.74) is 2.31. The zero-order valence-corrected chi connectivity index (χ0v) is 11.2. The molecule has 102 valence electrons. The average Bonchev–Trinajstić information content (AvgIpc) is 2.87. The van der Waals surface area contributed by atoms with Gasteiger partial charge in [0.25, 0.3) is 5.91 Å². The summed E-state index contributed by atoms with van der Waals surface area (Å²) < 4.78 is 5.47. The van der Waals surface area contributed by atoms with E-state index in [1.807, 2.05) is 38.1 Å². The van der Waals surface area contributed by atoms with Crippen LogP contribution in [0.3, 0.4) is 0 Å². The van der Waals surface area contributed by atoms with Crippen molar-refractivity contribution in [1.29, 1.82) is 5.26 Å². The van der Waals surface area contributed by atoms with Crippen LogP contribution in [-0.2, 0) is 4.79 Å². The third-order valence-electron chi connectivity index (χ3n) is 2.92. The van der Waals surface area contributed by atoms with E-state index in [1.165, 1.54) is 6.33 Å². The molecule has 0 saturated heterocycles. The summed E-state index contributed by atoms with van der Waals surface area (Å²) in [5.74, 6) is 0.513. The number of hydrogen-bond donors (Lipinski definition) is 2. The molecule has 0 atom stereocenters. The largest absolute Gasteiger partial charge is 0.483 e. The Morgan fingerprint density at radius 2 is 2.30 bits per heavy atom. The molecule has 0 radical (unpaired) electrons. The lowest BCUT2D eigenvalue weighted by Crippen LogP contribution is -2.21. The summed E-state index contributed by atoms with van der Waals surface area (Å²) >= 11 is 0. The number of nitriles is 1. The van der Waals surface area contributed by atoms with Gasteiger partial charge in [-0.3, -0.25) is 4.79 Å². The molecule has 1 aromatic heterocycles. The Balaban J connectivity index is 1.96. The van der Waals surface area contributed by atoms with E-state index in [0.29, 0.717) is 5.75 Å². The molecule has 6 nitrogen and oxygen atoms in total. The van der Waals surface area contributed by atoms with Gasteiger partial charge in [-0.2, -0.15) is 5.26 Å². The first-order valence-electron chi connectivity index (χ1n) is 6.04. The second-order valence-electron chi connectivity index (χ2n) is 4.27. The number of amides is 1. The number of aryl methyl sites for hydroxylation is 1. The second kappa shape index (κ2) is 5.89. The first-order chi connectivity index (χ1) is 9.61. The first-order valence-corrected chi connectivity index (χ1v) is 6.04. The minimum atomic E-state index is -0.366. The zero-order chi connectivity index (χ0) is 14.5. The van der Waals surface area contributed by atoms with Crippen LogP contribution in [0.15, 0.2) is 24.5 Å². The van der Waals surface area contributed by atoms with E-state index in [4.69, 9.17) is 10.00 Å². The first kappa shape index (κ1) is 13.6. The number of imidazole rings is 1. The molecule has 0 aliphatic heterocycles. The molecule has 0 unspecified atom stereocenters. The van der Waals surface area contributed by atoms with Crippen molar-refractivity contribution in [3.63, 3.8) is 0 Å². The number of carbonyl (C=O) groups is 1. The molecule has 1 heterocycles. The van der Waals surface area contributed by atoms with Crippen molar-refractivity contribution >= 4 is 11.7 Å². The molecule has 2 rings (SSSR count). The van der Waals surface area contributed by atoms with Gasteiger partial charge in [0.2, 0.25) is 0 Å². The Morgan fingerprint density at radius 1 is 1.50 bits per heavy atom. The maximum atomic E-state index is 11.7. The third-order valence-corrected chi connectivity index (χ3v) is 2.92. The minimum absolute atomic E-state index is 0.137. The van der Waals surface area contributed by atoms with E-state index in [-0.39, 0.29) is 24.0 Å². The average molecular weight is 270 g/mol. The normalized spacial score (nSPS) is 9.85. The molecule has 20 heavy (non-hydrogen) atoms. The van der Waals surface area contributed by atoms with Gasteiger partial charge in [-0.15, -0.1) is 0 Å². The number of benzene rings is 1. The molecule has 1 aromatic carbocycles. The highest BCUT2D eigenvalue weighted by molar-refractivity contribution is 5.91. The maximum Gasteiger partial charge on any atom is 0.263 e. The highest BCUT2D eigenvalue weighted by Gasteiger charge is 2.10. The number of H-pyrrole nitrogens is 1. The molecule has 0 aliphatic rings. The predicted octanol–water partition coefficient (Wildman–Crippen LogP) is 1.92. The Kier molecular flexibility index (Phi) is 4.01. The Hall–Kier alpha value is -2.81. The highest BCUT2D eigenvalue weighted by Crippen LogP contribution is 2.20. The zero-order valence-electron chi connectivity index (χ0n) is 11.2. The Morgan fingerprint density at radius 3 is 3.05 bits per heavy atom. The summed E-state index contributed by atoms with van der Waals surface area (Å²) in [5, 5.41) is 11.3. The number of hydrogen-bond acceptors (Lipinski definition) is 4. The van der Waals surface area contributed by atoms with Gasteiger partial charge < -0.3 is 15.0 Å². The van der Waals surface area contributed by atoms with Gasteiger partial charge in [0.15, 0.2) is 18.1 Å². The van der Waals surface area contributed by atoms with Gasteiger partial charge >= 0.3 is 0 Å². The van der Waals surface area contributed by atoms with Crippen LogP contribution in [-0.4, -0.2) is 22.5 Å². The van der Waals surface area contributed by atoms with E-state index in [0.717, 1.165) is 11.1 Å². The molecule has 2 aromatic rings. The SMILES string of the molecule is Cc1cccc(OCC(=O)Nc2nc[nH]c2C#N)c1C.